The van der Waals surface area contributed by atoms with Gasteiger partial charge in [-0.15, -0.1) is 0 Å². The van der Waals surface area contributed by atoms with E-state index in [1.807, 2.05) is 37.3 Å². The average molecular weight is 251 g/mol. The largest absolute Gasteiger partial charge is 0.384 e. The van der Waals surface area contributed by atoms with Gasteiger partial charge in [0.05, 0.1) is 0 Å². The highest BCUT2D eigenvalue weighted by Gasteiger charge is 2.15. The summed E-state index contributed by atoms with van der Waals surface area (Å²) in [7, 11) is 0. The number of nitrogen functional groups attached to an aromatic ring is 2. The van der Waals surface area contributed by atoms with E-state index < -0.39 is 0 Å². The minimum atomic E-state index is -0.0372. The number of nitrogens with one attached hydrogen (secondary N) is 2. The zero-order chi connectivity index (χ0) is 14.0. The Balaban J connectivity index is 2.78. The number of hydrogen-bond donors (Lipinski definition) is 4. The molecule has 0 heterocycles. The first-order valence-corrected chi connectivity index (χ1v) is 5.82. The van der Waals surface area contributed by atoms with Crippen molar-refractivity contribution in [1.29, 1.82) is 10.8 Å². The van der Waals surface area contributed by atoms with E-state index in [0.717, 1.165) is 16.7 Å². The molecule has 4 nitrogen and oxygen atoms in total. The van der Waals surface area contributed by atoms with Crippen molar-refractivity contribution >= 4 is 11.7 Å². The number of benzene rings is 2. The first-order chi connectivity index (χ1) is 9.02. The van der Waals surface area contributed by atoms with Gasteiger partial charge in [-0.2, -0.15) is 0 Å². The van der Waals surface area contributed by atoms with E-state index in [9.17, 15) is 0 Å². The SMILES string of the molecule is Cc1c(C(=N)N)[c]cc(C(=N)N)c1-c1ccccc1. The molecule has 0 fully saturated rings. The molecule has 0 unspecified atom stereocenters. The molecule has 0 saturated heterocycles. The fraction of sp³-hybridized carbons (Fsp3) is 0.0667. The van der Waals surface area contributed by atoms with Crippen molar-refractivity contribution in [2.24, 2.45) is 11.5 Å². The van der Waals surface area contributed by atoms with Crippen LogP contribution in [0.4, 0.5) is 0 Å². The van der Waals surface area contributed by atoms with Crippen LogP contribution in [-0.2, 0) is 0 Å². The molecule has 2 rings (SSSR count). The lowest BCUT2D eigenvalue weighted by Gasteiger charge is -2.15. The van der Waals surface area contributed by atoms with Crippen molar-refractivity contribution in [3.8, 4) is 11.1 Å². The molecule has 2 aromatic carbocycles. The van der Waals surface area contributed by atoms with Crippen molar-refractivity contribution in [2.45, 2.75) is 6.92 Å². The van der Waals surface area contributed by atoms with Crippen LogP contribution in [0.1, 0.15) is 16.7 Å². The summed E-state index contributed by atoms with van der Waals surface area (Å²) in [6, 6.07) is 14.2. The third-order valence-corrected chi connectivity index (χ3v) is 3.00. The van der Waals surface area contributed by atoms with Crippen LogP contribution in [-0.4, -0.2) is 11.7 Å². The molecule has 4 heteroatoms. The Morgan fingerprint density at radius 1 is 1.05 bits per heavy atom. The fourth-order valence-corrected chi connectivity index (χ4v) is 2.12. The van der Waals surface area contributed by atoms with Gasteiger partial charge < -0.3 is 11.5 Å². The van der Waals surface area contributed by atoms with Crippen LogP contribution in [0.2, 0.25) is 0 Å². The van der Waals surface area contributed by atoms with Crippen LogP contribution in [0.15, 0.2) is 36.4 Å². The van der Waals surface area contributed by atoms with Crippen LogP contribution in [0, 0.1) is 23.8 Å². The Hall–Kier alpha value is -2.62. The summed E-state index contributed by atoms with van der Waals surface area (Å²) in [5, 5.41) is 15.2. The maximum Gasteiger partial charge on any atom is 0.123 e. The maximum atomic E-state index is 7.67. The first kappa shape index (κ1) is 12.8. The van der Waals surface area contributed by atoms with E-state index in [2.05, 4.69) is 6.07 Å². The molecular weight excluding hydrogens is 236 g/mol. The molecule has 1 radical (unpaired) electrons. The van der Waals surface area contributed by atoms with Crippen LogP contribution >= 0.6 is 0 Å². The van der Waals surface area contributed by atoms with Crippen molar-refractivity contribution in [3.05, 3.63) is 59.2 Å². The topological polar surface area (TPSA) is 99.7 Å². The van der Waals surface area contributed by atoms with Gasteiger partial charge in [-0.1, -0.05) is 30.3 Å². The predicted molar refractivity (Wildman–Crippen MR) is 77.5 cm³/mol. The quantitative estimate of drug-likeness (QED) is 0.495. The molecule has 0 saturated carbocycles. The van der Waals surface area contributed by atoms with Gasteiger partial charge in [0.15, 0.2) is 0 Å². The zero-order valence-corrected chi connectivity index (χ0v) is 10.6. The van der Waals surface area contributed by atoms with E-state index in [1.54, 1.807) is 6.07 Å². The molecule has 0 aliphatic carbocycles. The Labute approximate surface area is 112 Å². The van der Waals surface area contributed by atoms with Gasteiger partial charge in [0.2, 0.25) is 0 Å². The smallest absolute Gasteiger partial charge is 0.123 e. The molecule has 6 N–H and O–H groups in total. The van der Waals surface area contributed by atoms with Gasteiger partial charge in [-0.25, -0.2) is 0 Å². The molecule has 0 bridgehead atoms. The molecule has 19 heavy (non-hydrogen) atoms. The second-order valence-electron chi connectivity index (χ2n) is 4.27. The maximum absolute atomic E-state index is 7.67. The lowest BCUT2D eigenvalue weighted by atomic mass is 9.91. The summed E-state index contributed by atoms with van der Waals surface area (Å²) in [4.78, 5) is 0. The molecule has 0 amide bonds. The monoisotopic (exact) mass is 251 g/mol. The van der Waals surface area contributed by atoms with Crippen molar-refractivity contribution in [2.75, 3.05) is 0 Å². The first-order valence-electron chi connectivity index (χ1n) is 5.82. The third kappa shape index (κ3) is 2.33. The molecule has 2 aromatic rings. The van der Waals surface area contributed by atoms with Gasteiger partial charge >= 0.3 is 0 Å². The van der Waals surface area contributed by atoms with E-state index in [1.165, 1.54) is 0 Å². The standard InChI is InChI=1S/C15H15N4/c1-9-11(14(16)17)7-8-12(15(18)19)13(9)10-5-3-2-4-6-10/h2-6,8H,1H3,(H3,16,17)(H3,18,19). The molecular formula is C15H15N4. The Bertz CT molecular complexity index is 645. The Morgan fingerprint density at radius 3 is 2.21 bits per heavy atom. The van der Waals surface area contributed by atoms with E-state index in [4.69, 9.17) is 22.3 Å². The second kappa shape index (κ2) is 4.94. The molecule has 0 atom stereocenters. The Kier molecular flexibility index (Phi) is 3.33. The normalized spacial score (nSPS) is 10.2. The third-order valence-electron chi connectivity index (χ3n) is 3.00. The van der Waals surface area contributed by atoms with Gasteiger partial charge in [-0.3, -0.25) is 10.8 Å². The molecule has 0 spiro atoms. The van der Waals surface area contributed by atoms with E-state index in [-0.39, 0.29) is 11.7 Å². The molecule has 0 aromatic heterocycles. The van der Waals surface area contributed by atoms with Gasteiger partial charge in [0.25, 0.3) is 0 Å². The number of hydrogen-bond acceptors (Lipinski definition) is 2. The lowest BCUT2D eigenvalue weighted by Crippen LogP contribution is -2.17. The summed E-state index contributed by atoms with van der Waals surface area (Å²) in [6.07, 6.45) is 0. The average Bonchev–Trinajstić information content (AvgIpc) is 2.38. The predicted octanol–water partition coefficient (Wildman–Crippen LogP) is 2.03. The van der Waals surface area contributed by atoms with E-state index in [0.29, 0.717) is 11.1 Å². The Morgan fingerprint density at radius 2 is 1.68 bits per heavy atom. The summed E-state index contributed by atoms with van der Waals surface area (Å²) in [5.74, 6) is -0.0573. The number of nitrogens with two attached hydrogens (primary N) is 2. The van der Waals surface area contributed by atoms with Gasteiger partial charge in [0.1, 0.15) is 11.7 Å². The summed E-state index contributed by atoms with van der Waals surface area (Å²) in [5.41, 5.74) is 14.9. The minimum absolute atomic E-state index is 0.0201. The zero-order valence-electron chi connectivity index (χ0n) is 10.6. The summed E-state index contributed by atoms with van der Waals surface area (Å²) in [6.45, 7) is 1.86. The minimum Gasteiger partial charge on any atom is -0.384 e. The number of rotatable bonds is 3. The molecule has 95 valence electrons. The van der Waals surface area contributed by atoms with Crippen molar-refractivity contribution in [1.82, 2.24) is 0 Å². The number of amidine groups is 2. The van der Waals surface area contributed by atoms with Crippen LogP contribution < -0.4 is 11.5 Å². The fourth-order valence-electron chi connectivity index (χ4n) is 2.12. The van der Waals surface area contributed by atoms with Crippen LogP contribution in [0.5, 0.6) is 0 Å². The highest BCUT2D eigenvalue weighted by atomic mass is 14.7. The van der Waals surface area contributed by atoms with E-state index >= 15 is 0 Å². The van der Waals surface area contributed by atoms with Crippen LogP contribution in [0.25, 0.3) is 11.1 Å². The lowest BCUT2D eigenvalue weighted by molar-refractivity contribution is 1.34. The highest BCUT2D eigenvalue weighted by molar-refractivity contribution is 6.05. The van der Waals surface area contributed by atoms with Crippen molar-refractivity contribution in [3.63, 3.8) is 0 Å². The van der Waals surface area contributed by atoms with Gasteiger partial charge in [-0.05, 0) is 35.7 Å². The molecule has 0 aliphatic heterocycles. The summed E-state index contributed by atoms with van der Waals surface area (Å²) < 4.78 is 0. The van der Waals surface area contributed by atoms with Gasteiger partial charge in [0, 0.05) is 11.1 Å². The summed E-state index contributed by atoms with van der Waals surface area (Å²) >= 11 is 0. The highest BCUT2D eigenvalue weighted by Crippen LogP contribution is 2.29. The molecule has 0 aliphatic rings. The second-order valence-corrected chi connectivity index (χ2v) is 4.27. The van der Waals surface area contributed by atoms with Crippen LogP contribution in [0.3, 0.4) is 0 Å². The van der Waals surface area contributed by atoms with Crippen molar-refractivity contribution < 1.29 is 0 Å².